The number of ether oxygens (including phenoxy) is 8. The quantitative estimate of drug-likeness (QED) is 0.00935. The van der Waals surface area contributed by atoms with Gasteiger partial charge in [-0.3, -0.25) is 47.9 Å². The van der Waals surface area contributed by atoms with E-state index in [0.29, 0.717) is 26.4 Å². The summed E-state index contributed by atoms with van der Waals surface area (Å²) in [4.78, 5) is 129. The SMILES string of the molecule is COC(=O)CCOCCOCCOCCOCCNC(=O)[C@H](C)NC(=O)[C@H](CC(=O)OC)NC(=O)[C@@H](NC(=O)[C@H](CCC(=O)OC)NC(=O)[C@H](CC(=O)OC)NC(=O)CN=[N+]=[N-])C(C)C. The average molecular weight is 934 g/mol. The number of rotatable bonds is 35. The van der Waals surface area contributed by atoms with Crippen molar-refractivity contribution < 1.29 is 85.8 Å². The molecule has 0 aliphatic carbocycles. The molecule has 0 spiro atoms. The van der Waals surface area contributed by atoms with E-state index in [1.165, 1.54) is 27.9 Å². The number of azide groups is 1. The zero-order chi connectivity index (χ0) is 49.2. The Morgan fingerprint density at radius 3 is 1.46 bits per heavy atom. The number of methoxy groups -OCH3 is 4. The summed E-state index contributed by atoms with van der Waals surface area (Å²) in [5, 5.41) is 17.5. The monoisotopic (exact) mass is 933 g/mol. The first-order valence-electron chi connectivity index (χ1n) is 20.3. The van der Waals surface area contributed by atoms with Gasteiger partial charge in [0.1, 0.15) is 36.8 Å². The highest BCUT2D eigenvalue weighted by molar-refractivity contribution is 5.98. The Morgan fingerprint density at radius 2 is 0.954 bits per heavy atom. The normalized spacial score (nSPS) is 12.9. The first-order valence-corrected chi connectivity index (χ1v) is 20.3. The molecule has 0 bridgehead atoms. The first kappa shape index (κ1) is 58.8. The Morgan fingerprint density at radius 1 is 0.508 bits per heavy atom. The van der Waals surface area contributed by atoms with Gasteiger partial charge in [0.15, 0.2) is 0 Å². The zero-order valence-corrected chi connectivity index (χ0v) is 37.8. The van der Waals surface area contributed by atoms with Crippen molar-refractivity contribution in [2.45, 2.75) is 83.1 Å². The van der Waals surface area contributed by atoms with Gasteiger partial charge in [-0.15, -0.1) is 0 Å². The van der Waals surface area contributed by atoms with Crippen molar-refractivity contribution in [3.05, 3.63) is 10.4 Å². The molecule has 5 atom stereocenters. The minimum atomic E-state index is -1.63. The van der Waals surface area contributed by atoms with Gasteiger partial charge in [-0.2, -0.15) is 0 Å². The topological polar surface area (TPSA) is 365 Å². The van der Waals surface area contributed by atoms with E-state index < -0.39 is 115 Å². The largest absolute Gasteiger partial charge is 0.469 e. The average Bonchev–Trinajstić information content (AvgIpc) is 3.28. The second-order valence-electron chi connectivity index (χ2n) is 13.8. The van der Waals surface area contributed by atoms with Crippen LogP contribution in [-0.2, 0) is 85.8 Å². The number of nitrogens with one attached hydrogen (secondary N) is 6. The van der Waals surface area contributed by atoms with E-state index >= 15 is 0 Å². The van der Waals surface area contributed by atoms with Crippen LogP contribution in [0.15, 0.2) is 5.11 Å². The van der Waals surface area contributed by atoms with Gasteiger partial charge in [-0.05, 0) is 24.8 Å². The first-order chi connectivity index (χ1) is 30.9. The minimum Gasteiger partial charge on any atom is -0.469 e. The lowest BCUT2D eigenvalue weighted by molar-refractivity contribution is -0.145. The van der Waals surface area contributed by atoms with Crippen LogP contribution >= 0.6 is 0 Å². The zero-order valence-electron chi connectivity index (χ0n) is 37.8. The molecule has 368 valence electrons. The van der Waals surface area contributed by atoms with Crippen LogP contribution < -0.4 is 31.9 Å². The second kappa shape index (κ2) is 35.2. The molecule has 0 aliphatic rings. The summed E-state index contributed by atoms with van der Waals surface area (Å²) in [7, 11) is 4.46. The predicted molar refractivity (Wildman–Crippen MR) is 222 cm³/mol. The van der Waals surface area contributed by atoms with Crippen molar-refractivity contribution in [3.63, 3.8) is 0 Å². The van der Waals surface area contributed by atoms with Crippen LogP contribution in [0.3, 0.4) is 0 Å². The summed E-state index contributed by atoms with van der Waals surface area (Å²) < 4.78 is 39.8. The lowest BCUT2D eigenvalue weighted by Gasteiger charge is -2.28. The molecule has 0 rings (SSSR count). The molecule has 0 radical (unpaired) electrons. The maximum absolute atomic E-state index is 13.7. The smallest absolute Gasteiger partial charge is 0.308 e. The Kier molecular flexibility index (Phi) is 31.9. The molecular weight excluding hydrogens is 870 g/mol. The standard InChI is InChI=1S/C38H63N9O18/c1-23(2)33(46-35(54)25(8-9-29(49)58-4)44-37(56)26(20-31(51)60-6)43-28(48)22-41-47-39)38(57)45-27(21-32(52)61-7)36(55)42-24(3)34(53)40-11-13-63-15-17-65-19-18-64-16-14-62-12-10-30(50)59-5/h23-27,33H,8-22H2,1-7H3,(H,40,53)(H,42,55)(H,43,48)(H,44,56)(H,45,57)(H,46,54)/t24-,25-,26-,27-,33-/m0/s1. The van der Waals surface area contributed by atoms with Gasteiger partial charge in [0.05, 0.1) is 101 Å². The summed E-state index contributed by atoms with van der Waals surface area (Å²) >= 11 is 0. The fourth-order valence-electron chi connectivity index (χ4n) is 5.01. The number of carbonyl (C=O) groups is 10. The van der Waals surface area contributed by atoms with Gasteiger partial charge in [-0.1, -0.05) is 19.0 Å². The summed E-state index contributed by atoms with van der Waals surface area (Å²) in [6, 6.07) is -7.41. The van der Waals surface area contributed by atoms with Crippen LogP contribution in [0.5, 0.6) is 0 Å². The Hall–Kier alpha value is -6.15. The maximum atomic E-state index is 13.7. The van der Waals surface area contributed by atoms with Crippen LogP contribution in [0.25, 0.3) is 10.4 Å². The van der Waals surface area contributed by atoms with E-state index in [2.05, 4.69) is 60.9 Å². The molecule has 0 aromatic carbocycles. The summed E-state index contributed by atoms with van der Waals surface area (Å²) in [5.74, 6) is -9.24. The molecular formula is C38H63N9O18. The molecule has 0 aromatic rings. The highest BCUT2D eigenvalue weighted by atomic mass is 16.6. The highest BCUT2D eigenvalue weighted by Gasteiger charge is 2.35. The summed E-state index contributed by atoms with van der Waals surface area (Å²) in [5.41, 5.74) is 8.52. The molecule has 6 N–H and O–H groups in total. The maximum Gasteiger partial charge on any atom is 0.308 e. The van der Waals surface area contributed by atoms with Crippen molar-refractivity contribution in [1.82, 2.24) is 31.9 Å². The Labute approximate surface area is 375 Å². The minimum absolute atomic E-state index is 0.0648. The molecule has 0 unspecified atom stereocenters. The van der Waals surface area contributed by atoms with Crippen molar-refractivity contribution in [1.29, 1.82) is 0 Å². The lowest BCUT2D eigenvalue weighted by atomic mass is 10.0. The Balaban J connectivity index is 5.44. The van der Waals surface area contributed by atoms with Crippen LogP contribution in [0.1, 0.15) is 52.9 Å². The second-order valence-corrected chi connectivity index (χ2v) is 13.8. The van der Waals surface area contributed by atoms with Gasteiger partial charge in [0.2, 0.25) is 35.4 Å². The fraction of sp³-hybridized carbons (Fsp3) is 0.737. The lowest BCUT2D eigenvalue weighted by Crippen LogP contribution is -2.60. The number of esters is 4. The number of hydrogen-bond acceptors (Lipinski definition) is 19. The van der Waals surface area contributed by atoms with Crippen molar-refractivity contribution >= 4 is 59.3 Å². The van der Waals surface area contributed by atoms with Gasteiger partial charge in [0.25, 0.3) is 0 Å². The molecule has 27 nitrogen and oxygen atoms in total. The third-order valence-electron chi connectivity index (χ3n) is 8.60. The predicted octanol–water partition coefficient (Wildman–Crippen LogP) is -2.78. The third-order valence-corrected chi connectivity index (χ3v) is 8.60. The number of carbonyl (C=O) groups excluding carboxylic acids is 10. The number of nitrogens with zero attached hydrogens (tertiary/aromatic N) is 3. The molecule has 0 saturated carbocycles. The van der Waals surface area contributed by atoms with E-state index in [-0.39, 0.29) is 51.8 Å². The van der Waals surface area contributed by atoms with E-state index in [9.17, 15) is 47.9 Å². The third kappa shape index (κ3) is 27.6. The van der Waals surface area contributed by atoms with E-state index in [4.69, 9.17) is 24.5 Å². The molecule has 0 saturated heterocycles. The van der Waals surface area contributed by atoms with Crippen LogP contribution in [0.2, 0.25) is 0 Å². The van der Waals surface area contributed by atoms with E-state index in [0.717, 1.165) is 21.3 Å². The number of amides is 6. The van der Waals surface area contributed by atoms with Crippen LogP contribution in [-0.4, -0.2) is 184 Å². The molecule has 65 heavy (non-hydrogen) atoms. The van der Waals surface area contributed by atoms with Crippen LogP contribution in [0.4, 0.5) is 0 Å². The summed E-state index contributed by atoms with van der Waals surface area (Å²) in [6.45, 7) is 5.82. The molecule has 27 heteroatoms. The van der Waals surface area contributed by atoms with Crippen LogP contribution in [0, 0.1) is 5.92 Å². The van der Waals surface area contributed by atoms with Gasteiger partial charge in [-0.25, -0.2) is 0 Å². The summed E-state index contributed by atoms with van der Waals surface area (Å²) in [6.07, 6.45) is -2.03. The molecule has 0 aromatic heterocycles. The Bertz CT molecular complexity index is 1610. The fourth-order valence-corrected chi connectivity index (χ4v) is 5.01. The molecule has 0 aliphatic heterocycles. The van der Waals surface area contributed by atoms with Gasteiger partial charge in [0, 0.05) is 17.9 Å². The van der Waals surface area contributed by atoms with Gasteiger partial charge >= 0.3 is 23.9 Å². The van der Waals surface area contributed by atoms with Gasteiger partial charge < -0.3 is 69.8 Å². The van der Waals surface area contributed by atoms with Crippen molar-refractivity contribution in [3.8, 4) is 0 Å². The number of hydrogen-bond donors (Lipinski definition) is 6. The molecule has 6 amide bonds. The molecule has 0 fully saturated rings. The van der Waals surface area contributed by atoms with E-state index in [1.54, 1.807) is 0 Å². The molecule has 0 heterocycles. The van der Waals surface area contributed by atoms with Crippen molar-refractivity contribution in [2.24, 2.45) is 11.0 Å². The highest BCUT2D eigenvalue weighted by Crippen LogP contribution is 2.09. The van der Waals surface area contributed by atoms with Crippen molar-refractivity contribution in [2.75, 3.05) is 94.4 Å². The van der Waals surface area contributed by atoms with E-state index in [1.807, 2.05) is 0 Å².